The van der Waals surface area contributed by atoms with Gasteiger partial charge in [0.1, 0.15) is 0 Å². The second-order valence-corrected chi connectivity index (χ2v) is 1.41. The fourth-order valence-corrected chi connectivity index (χ4v) is 0.267. The van der Waals surface area contributed by atoms with E-state index in [1.54, 1.807) is 6.08 Å². The Morgan fingerprint density at radius 2 is 2.43 bits per heavy atom. The normalized spacial score (nSPS) is 13.4. The maximum absolute atomic E-state index is 8.24. The van der Waals surface area contributed by atoms with Crippen LogP contribution in [0.4, 0.5) is 0 Å². The molecule has 0 aliphatic rings. The van der Waals surface area contributed by atoms with Gasteiger partial charge in [-0.2, -0.15) is 0 Å². The van der Waals surface area contributed by atoms with Crippen LogP contribution in [0.1, 0.15) is 6.42 Å². The van der Waals surface area contributed by atoms with E-state index in [1.165, 1.54) is 0 Å². The number of rotatable bonds is 3. The Morgan fingerprint density at radius 1 is 1.86 bits per heavy atom. The summed E-state index contributed by atoms with van der Waals surface area (Å²) in [5.41, 5.74) is 5.31. The Hall–Kier alpha value is -0.340. The molecule has 0 aromatic rings. The molecule has 0 unspecified atom stereocenters. The molecule has 0 saturated carbocycles. The molecule has 42 valence electrons. The Balaban J connectivity index is 2.98. The van der Waals surface area contributed by atoms with Gasteiger partial charge in [0.2, 0.25) is 0 Å². The molecular weight excluding hydrogens is 90.1 g/mol. The molecule has 7 heavy (non-hydrogen) atoms. The molecule has 0 fully saturated rings. The van der Waals surface area contributed by atoms with Crippen molar-refractivity contribution in [3.05, 3.63) is 12.7 Å². The van der Waals surface area contributed by atoms with E-state index in [-0.39, 0.29) is 12.6 Å². The van der Waals surface area contributed by atoms with Crippen LogP contribution in [0.15, 0.2) is 12.7 Å². The molecule has 0 bridgehead atoms. The van der Waals surface area contributed by atoms with E-state index in [0.717, 1.165) is 0 Å². The Labute approximate surface area is 43.6 Å². The monoisotopic (exact) mass is 101 g/mol. The molecule has 0 rings (SSSR count). The van der Waals surface area contributed by atoms with Crippen LogP contribution in [0.5, 0.6) is 0 Å². The Morgan fingerprint density at radius 3 is 2.57 bits per heavy atom. The number of hydrogen-bond acceptors (Lipinski definition) is 2. The van der Waals surface area contributed by atoms with Crippen molar-refractivity contribution < 1.29 is 5.11 Å². The standard InChI is InChI=1S/C5H11NO/c1-2-5(6)3-4-7/h2,5,7H,1,3-4,6H2/t5-/m0/s1. The quantitative estimate of drug-likeness (QED) is 0.487. The SMILES string of the molecule is C=C[C@H](N)CCO. The van der Waals surface area contributed by atoms with Crippen LogP contribution in [0, 0.1) is 0 Å². The molecule has 3 N–H and O–H groups in total. The van der Waals surface area contributed by atoms with Gasteiger partial charge in [-0.05, 0) is 6.42 Å². The van der Waals surface area contributed by atoms with Crippen molar-refractivity contribution in [3.8, 4) is 0 Å². The van der Waals surface area contributed by atoms with Crippen LogP contribution in [-0.4, -0.2) is 17.8 Å². The third kappa shape index (κ3) is 3.49. The molecule has 0 heterocycles. The van der Waals surface area contributed by atoms with Crippen LogP contribution in [0.2, 0.25) is 0 Å². The van der Waals surface area contributed by atoms with Gasteiger partial charge in [-0.3, -0.25) is 0 Å². The Kier molecular flexibility index (Phi) is 3.65. The summed E-state index contributed by atoms with van der Waals surface area (Å²) in [6.45, 7) is 3.59. The van der Waals surface area contributed by atoms with Crippen LogP contribution < -0.4 is 5.73 Å². The second kappa shape index (κ2) is 3.84. The van der Waals surface area contributed by atoms with Gasteiger partial charge in [0.15, 0.2) is 0 Å². The molecule has 0 aromatic heterocycles. The molecule has 0 aliphatic carbocycles. The molecular formula is C5H11NO. The second-order valence-electron chi connectivity index (χ2n) is 1.41. The van der Waals surface area contributed by atoms with Crippen LogP contribution in [0.25, 0.3) is 0 Å². The highest BCUT2D eigenvalue weighted by Crippen LogP contribution is 1.83. The summed E-state index contributed by atoms with van der Waals surface area (Å²) >= 11 is 0. The first kappa shape index (κ1) is 6.66. The summed E-state index contributed by atoms with van der Waals surface area (Å²) in [4.78, 5) is 0. The molecule has 1 atom stereocenters. The molecule has 0 radical (unpaired) electrons. The summed E-state index contributed by atoms with van der Waals surface area (Å²) in [5.74, 6) is 0. The first-order valence-corrected chi connectivity index (χ1v) is 2.30. The third-order valence-electron chi connectivity index (χ3n) is 0.765. The first-order chi connectivity index (χ1) is 3.31. The minimum Gasteiger partial charge on any atom is -0.396 e. The van der Waals surface area contributed by atoms with Gasteiger partial charge in [-0.15, -0.1) is 6.58 Å². The fraction of sp³-hybridized carbons (Fsp3) is 0.600. The average Bonchev–Trinajstić information content (AvgIpc) is 1.68. The lowest BCUT2D eigenvalue weighted by molar-refractivity contribution is 0.283. The zero-order chi connectivity index (χ0) is 5.70. The van der Waals surface area contributed by atoms with E-state index in [4.69, 9.17) is 10.8 Å². The first-order valence-electron chi connectivity index (χ1n) is 2.30. The van der Waals surface area contributed by atoms with Crippen LogP contribution >= 0.6 is 0 Å². The van der Waals surface area contributed by atoms with Gasteiger partial charge < -0.3 is 10.8 Å². The molecule has 0 spiro atoms. The van der Waals surface area contributed by atoms with Crippen molar-refractivity contribution >= 4 is 0 Å². The lowest BCUT2D eigenvalue weighted by atomic mass is 10.2. The minimum atomic E-state index is -0.0370. The zero-order valence-corrected chi connectivity index (χ0v) is 4.30. The van der Waals surface area contributed by atoms with Crippen LogP contribution in [0.3, 0.4) is 0 Å². The summed E-state index contributed by atoms with van der Waals surface area (Å²) in [5, 5.41) is 8.24. The number of aliphatic hydroxyl groups excluding tert-OH is 1. The van der Waals surface area contributed by atoms with E-state index in [0.29, 0.717) is 6.42 Å². The zero-order valence-electron chi connectivity index (χ0n) is 4.30. The van der Waals surface area contributed by atoms with E-state index in [2.05, 4.69) is 6.58 Å². The van der Waals surface area contributed by atoms with Gasteiger partial charge in [-0.25, -0.2) is 0 Å². The Bertz CT molecular complexity index is 54.0. The largest absolute Gasteiger partial charge is 0.396 e. The lowest BCUT2D eigenvalue weighted by Gasteiger charge is -1.98. The summed E-state index contributed by atoms with van der Waals surface area (Å²) < 4.78 is 0. The molecule has 2 heteroatoms. The predicted octanol–water partition coefficient (Wildman–Crippen LogP) is -0.118. The lowest BCUT2D eigenvalue weighted by Crippen LogP contribution is -2.17. The summed E-state index contributed by atoms with van der Waals surface area (Å²) in [7, 11) is 0. The van der Waals surface area contributed by atoms with Crippen molar-refractivity contribution in [2.75, 3.05) is 6.61 Å². The maximum atomic E-state index is 8.24. The third-order valence-corrected chi connectivity index (χ3v) is 0.765. The molecule has 0 aliphatic heterocycles. The van der Waals surface area contributed by atoms with E-state index in [9.17, 15) is 0 Å². The summed E-state index contributed by atoms with van der Waals surface area (Å²) in [6.07, 6.45) is 2.24. The molecule has 0 amide bonds. The number of hydrogen-bond donors (Lipinski definition) is 2. The van der Waals surface area contributed by atoms with Crippen LogP contribution in [-0.2, 0) is 0 Å². The van der Waals surface area contributed by atoms with E-state index in [1.807, 2.05) is 0 Å². The van der Waals surface area contributed by atoms with E-state index >= 15 is 0 Å². The van der Waals surface area contributed by atoms with Gasteiger partial charge >= 0.3 is 0 Å². The topological polar surface area (TPSA) is 46.2 Å². The predicted molar refractivity (Wildman–Crippen MR) is 29.9 cm³/mol. The molecule has 0 aromatic carbocycles. The van der Waals surface area contributed by atoms with Crippen molar-refractivity contribution in [2.45, 2.75) is 12.5 Å². The number of aliphatic hydroxyl groups is 1. The van der Waals surface area contributed by atoms with Gasteiger partial charge in [0, 0.05) is 12.6 Å². The van der Waals surface area contributed by atoms with Crippen molar-refractivity contribution in [1.29, 1.82) is 0 Å². The summed E-state index contributed by atoms with van der Waals surface area (Å²) in [6, 6.07) is -0.0370. The highest BCUT2D eigenvalue weighted by atomic mass is 16.3. The highest BCUT2D eigenvalue weighted by molar-refractivity contribution is 4.81. The van der Waals surface area contributed by atoms with Crippen molar-refractivity contribution in [2.24, 2.45) is 5.73 Å². The van der Waals surface area contributed by atoms with E-state index < -0.39 is 0 Å². The smallest absolute Gasteiger partial charge is 0.0448 e. The van der Waals surface area contributed by atoms with Gasteiger partial charge in [0.25, 0.3) is 0 Å². The minimum absolute atomic E-state index is 0.0370. The highest BCUT2D eigenvalue weighted by Gasteiger charge is 1.90. The average molecular weight is 101 g/mol. The van der Waals surface area contributed by atoms with Crippen molar-refractivity contribution in [1.82, 2.24) is 0 Å². The van der Waals surface area contributed by atoms with Gasteiger partial charge in [0.05, 0.1) is 0 Å². The van der Waals surface area contributed by atoms with Gasteiger partial charge in [-0.1, -0.05) is 6.08 Å². The fourth-order valence-electron chi connectivity index (χ4n) is 0.267. The van der Waals surface area contributed by atoms with Crippen molar-refractivity contribution in [3.63, 3.8) is 0 Å². The molecule has 2 nitrogen and oxygen atoms in total. The molecule has 0 saturated heterocycles. The maximum Gasteiger partial charge on any atom is 0.0448 e. The number of nitrogens with two attached hydrogens (primary N) is 1.